The van der Waals surface area contributed by atoms with Gasteiger partial charge in [0.25, 0.3) is 5.91 Å². The number of ether oxygens (including phenoxy) is 1. The van der Waals surface area contributed by atoms with Gasteiger partial charge in [-0.1, -0.05) is 30.4 Å². The van der Waals surface area contributed by atoms with E-state index in [9.17, 15) is 9.90 Å². The molecule has 0 bridgehead atoms. The molecule has 0 aromatic heterocycles. The molecule has 0 aliphatic carbocycles. The maximum absolute atomic E-state index is 12.7. The summed E-state index contributed by atoms with van der Waals surface area (Å²) in [5.41, 5.74) is 4.78. The van der Waals surface area contributed by atoms with Gasteiger partial charge in [-0.25, -0.2) is 5.43 Å². The summed E-state index contributed by atoms with van der Waals surface area (Å²) in [5.74, 6) is 1.02. The summed E-state index contributed by atoms with van der Waals surface area (Å²) in [6.45, 7) is 0.334. The van der Waals surface area contributed by atoms with Crippen LogP contribution < -0.4 is 26.1 Å². The summed E-state index contributed by atoms with van der Waals surface area (Å²) in [6.07, 6.45) is 10.3. The van der Waals surface area contributed by atoms with Crippen LogP contribution >= 0.6 is 0 Å². The Morgan fingerprint density at radius 1 is 1.37 bits per heavy atom. The quantitative estimate of drug-likeness (QED) is 0.340. The molecule has 0 fully saturated rings. The SMILES string of the molecule is O=C(NC1=CC=CCN1)C1=CNC2C=CC(c3cccc(OCC(O)CO)c3)NN12. The summed E-state index contributed by atoms with van der Waals surface area (Å²) >= 11 is 0. The lowest BCUT2D eigenvalue weighted by Crippen LogP contribution is -2.51. The van der Waals surface area contributed by atoms with Crippen molar-refractivity contribution in [1.82, 2.24) is 26.4 Å². The van der Waals surface area contributed by atoms with E-state index >= 15 is 0 Å². The van der Waals surface area contributed by atoms with Crippen LogP contribution in [0.15, 0.2) is 72.4 Å². The van der Waals surface area contributed by atoms with Crippen molar-refractivity contribution < 1.29 is 19.7 Å². The van der Waals surface area contributed by atoms with Crippen molar-refractivity contribution in [2.24, 2.45) is 0 Å². The minimum Gasteiger partial charge on any atom is -0.491 e. The van der Waals surface area contributed by atoms with Gasteiger partial charge in [0.15, 0.2) is 0 Å². The van der Waals surface area contributed by atoms with E-state index in [1.807, 2.05) is 48.6 Å². The van der Waals surface area contributed by atoms with Crippen LogP contribution in [0.1, 0.15) is 11.6 Å². The highest BCUT2D eigenvalue weighted by molar-refractivity contribution is 5.94. The second-order valence-corrected chi connectivity index (χ2v) is 7.07. The van der Waals surface area contributed by atoms with Crippen LogP contribution in [-0.2, 0) is 4.79 Å². The van der Waals surface area contributed by atoms with Gasteiger partial charge in [-0.3, -0.25) is 9.80 Å². The van der Waals surface area contributed by atoms with Gasteiger partial charge in [0, 0.05) is 12.7 Å². The van der Waals surface area contributed by atoms with Crippen molar-refractivity contribution in [2.75, 3.05) is 19.8 Å². The fourth-order valence-electron chi connectivity index (χ4n) is 3.29. The number of aliphatic hydroxyl groups excluding tert-OH is 2. The fraction of sp³-hybridized carbons (Fsp3) is 0.286. The maximum Gasteiger partial charge on any atom is 0.276 e. The van der Waals surface area contributed by atoms with Crippen LogP contribution in [-0.4, -0.2) is 53.2 Å². The molecule has 3 aliphatic heterocycles. The van der Waals surface area contributed by atoms with Crippen LogP contribution in [0.5, 0.6) is 5.75 Å². The molecule has 158 valence electrons. The predicted octanol–water partition coefficient (Wildman–Crippen LogP) is -0.276. The number of hydrogen-bond donors (Lipinski definition) is 6. The number of carbonyl (C=O) groups excluding carboxylic acids is 1. The molecule has 3 heterocycles. The lowest BCUT2D eigenvalue weighted by molar-refractivity contribution is -0.119. The number of nitrogens with one attached hydrogen (secondary N) is 4. The van der Waals surface area contributed by atoms with Crippen LogP contribution in [0, 0.1) is 0 Å². The smallest absolute Gasteiger partial charge is 0.276 e. The van der Waals surface area contributed by atoms with Gasteiger partial charge in [0.2, 0.25) is 0 Å². The molecule has 0 spiro atoms. The zero-order valence-electron chi connectivity index (χ0n) is 16.3. The average molecular weight is 411 g/mol. The van der Waals surface area contributed by atoms with Gasteiger partial charge in [-0.2, -0.15) is 0 Å². The lowest BCUT2D eigenvalue weighted by Gasteiger charge is -2.34. The molecule has 9 heteroatoms. The standard InChI is InChI=1S/C21H25N5O4/c27-12-15(28)13-30-16-5-3-4-14(10-16)17-7-8-20-23-11-18(26(20)25-17)21(29)24-19-6-1-2-9-22-19/h1-8,10-11,15,17,20,22-23,25,27-28H,9,12-13H2,(H,24,29). The van der Waals surface area contributed by atoms with Crippen molar-refractivity contribution in [3.8, 4) is 5.75 Å². The Labute approximate surface area is 174 Å². The first-order valence-corrected chi connectivity index (χ1v) is 9.78. The molecule has 0 saturated carbocycles. The van der Waals surface area contributed by atoms with Crippen LogP contribution in [0.25, 0.3) is 0 Å². The zero-order chi connectivity index (χ0) is 20.9. The third kappa shape index (κ3) is 4.48. The molecule has 1 amide bonds. The highest BCUT2D eigenvalue weighted by Gasteiger charge is 2.33. The van der Waals surface area contributed by atoms with Gasteiger partial charge < -0.3 is 30.9 Å². The third-order valence-corrected chi connectivity index (χ3v) is 4.85. The van der Waals surface area contributed by atoms with Gasteiger partial charge in [0.1, 0.15) is 36.1 Å². The number of amides is 1. The van der Waals surface area contributed by atoms with Crippen molar-refractivity contribution in [2.45, 2.75) is 18.3 Å². The summed E-state index contributed by atoms with van der Waals surface area (Å²) in [6, 6.07) is 7.30. The molecule has 0 saturated heterocycles. The number of allylic oxidation sites excluding steroid dienone is 2. The van der Waals surface area contributed by atoms with Crippen molar-refractivity contribution >= 4 is 5.91 Å². The predicted molar refractivity (Wildman–Crippen MR) is 110 cm³/mol. The molecule has 30 heavy (non-hydrogen) atoms. The molecule has 6 N–H and O–H groups in total. The molecule has 0 radical (unpaired) electrons. The normalized spacial score (nSPS) is 22.9. The highest BCUT2D eigenvalue weighted by Crippen LogP contribution is 2.27. The third-order valence-electron chi connectivity index (χ3n) is 4.85. The van der Waals surface area contributed by atoms with E-state index in [1.165, 1.54) is 0 Å². The second-order valence-electron chi connectivity index (χ2n) is 7.07. The Kier molecular flexibility index (Phi) is 6.03. The number of benzene rings is 1. The summed E-state index contributed by atoms with van der Waals surface area (Å²) in [5, 5.41) is 29.3. The molecular formula is C21H25N5O4. The first kappa shape index (κ1) is 20.0. The Balaban J connectivity index is 1.43. The maximum atomic E-state index is 12.7. The molecule has 9 nitrogen and oxygen atoms in total. The largest absolute Gasteiger partial charge is 0.491 e. The average Bonchev–Trinajstić information content (AvgIpc) is 3.22. The van der Waals surface area contributed by atoms with E-state index in [0.717, 1.165) is 5.56 Å². The Morgan fingerprint density at radius 2 is 2.27 bits per heavy atom. The molecule has 3 aliphatic rings. The number of hydrogen-bond acceptors (Lipinski definition) is 8. The van der Waals surface area contributed by atoms with E-state index in [-0.39, 0.29) is 31.3 Å². The van der Waals surface area contributed by atoms with E-state index in [4.69, 9.17) is 9.84 Å². The molecule has 3 atom stereocenters. The highest BCUT2D eigenvalue weighted by atomic mass is 16.5. The van der Waals surface area contributed by atoms with E-state index in [0.29, 0.717) is 23.8 Å². The van der Waals surface area contributed by atoms with Crippen molar-refractivity contribution in [3.63, 3.8) is 0 Å². The molecule has 4 rings (SSSR count). The Hall–Kier alpha value is -3.27. The number of fused-ring (bicyclic) bond motifs is 1. The number of carbonyl (C=O) groups is 1. The molecular weight excluding hydrogens is 386 g/mol. The Bertz CT molecular complexity index is 910. The number of hydrazine groups is 1. The number of rotatable bonds is 7. The van der Waals surface area contributed by atoms with E-state index < -0.39 is 6.10 Å². The number of nitrogens with zero attached hydrogens (tertiary/aromatic N) is 1. The van der Waals surface area contributed by atoms with Gasteiger partial charge >= 0.3 is 0 Å². The molecule has 1 aromatic rings. The first-order chi connectivity index (χ1) is 14.6. The van der Waals surface area contributed by atoms with Crippen LogP contribution in [0.2, 0.25) is 0 Å². The topological polar surface area (TPSA) is 118 Å². The number of dihydropyridines is 1. The minimum atomic E-state index is -0.923. The zero-order valence-corrected chi connectivity index (χ0v) is 16.3. The van der Waals surface area contributed by atoms with Crippen molar-refractivity contribution in [1.29, 1.82) is 0 Å². The van der Waals surface area contributed by atoms with E-state index in [2.05, 4.69) is 21.4 Å². The molecule has 1 aromatic carbocycles. The monoisotopic (exact) mass is 411 g/mol. The van der Waals surface area contributed by atoms with Gasteiger partial charge in [-0.15, -0.1) is 0 Å². The van der Waals surface area contributed by atoms with Crippen LogP contribution in [0.4, 0.5) is 0 Å². The first-order valence-electron chi connectivity index (χ1n) is 9.78. The summed E-state index contributed by atoms with van der Waals surface area (Å²) < 4.78 is 5.54. The number of aliphatic hydroxyl groups is 2. The van der Waals surface area contributed by atoms with Crippen molar-refractivity contribution in [3.05, 3.63) is 77.9 Å². The Morgan fingerprint density at radius 3 is 3.07 bits per heavy atom. The van der Waals surface area contributed by atoms with Gasteiger partial charge in [-0.05, 0) is 29.8 Å². The summed E-state index contributed by atoms with van der Waals surface area (Å²) in [7, 11) is 0. The lowest BCUT2D eigenvalue weighted by atomic mass is 10.0. The second kappa shape index (κ2) is 9.04. The molecule has 3 unspecified atom stereocenters. The summed E-state index contributed by atoms with van der Waals surface area (Å²) in [4.78, 5) is 12.7. The van der Waals surface area contributed by atoms with Gasteiger partial charge in [0.05, 0.1) is 12.6 Å². The van der Waals surface area contributed by atoms with Crippen LogP contribution in [0.3, 0.4) is 0 Å². The minimum absolute atomic E-state index is 0.0120. The van der Waals surface area contributed by atoms with E-state index in [1.54, 1.807) is 17.3 Å². The fourth-order valence-corrected chi connectivity index (χ4v) is 3.29.